The molecule has 3 aliphatic rings. The van der Waals surface area contributed by atoms with Gasteiger partial charge in [-0.15, -0.1) is 0 Å². The molecule has 0 aromatic rings. The first-order valence-corrected chi connectivity index (χ1v) is 11.4. The fourth-order valence-electron chi connectivity index (χ4n) is 4.42. The van der Waals surface area contributed by atoms with Gasteiger partial charge in [-0.3, -0.25) is 4.79 Å². The summed E-state index contributed by atoms with van der Waals surface area (Å²) in [6, 6.07) is 0. The van der Waals surface area contributed by atoms with E-state index in [9.17, 15) is 31.1 Å². The average molecular weight is 521 g/mol. The van der Waals surface area contributed by atoms with Crippen LogP contribution < -0.4 is 0 Å². The first-order valence-electron chi connectivity index (χ1n) is 11.4. The molecule has 0 saturated carbocycles. The second-order valence-electron chi connectivity index (χ2n) is 9.04. The third-order valence-corrected chi connectivity index (χ3v) is 6.44. The molecule has 1 spiro atoms. The lowest BCUT2D eigenvalue weighted by Crippen LogP contribution is -2.51. The maximum Gasteiger partial charge on any atom is 0.490 e. The van der Waals surface area contributed by atoms with Crippen molar-refractivity contribution in [2.45, 2.75) is 57.8 Å². The third kappa shape index (κ3) is 11.5. The lowest BCUT2D eigenvalue weighted by atomic mass is 9.72. The third-order valence-electron chi connectivity index (χ3n) is 6.44. The summed E-state index contributed by atoms with van der Waals surface area (Å²) in [7, 11) is 0. The number of piperidine rings is 2. The Kier molecular flexibility index (Phi) is 11.7. The monoisotopic (exact) mass is 521 g/mol. The van der Waals surface area contributed by atoms with Crippen molar-refractivity contribution in [1.82, 2.24) is 14.7 Å². The maximum absolute atomic E-state index is 11.6. The second-order valence-corrected chi connectivity index (χ2v) is 9.04. The van der Waals surface area contributed by atoms with E-state index >= 15 is 0 Å². The van der Waals surface area contributed by atoms with Crippen LogP contribution >= 0.6 is 0 Å². The molecule has 204 valence electrons. The summed E-state index contributed by atoms with van der Waals surface area (Å²) in [4.78, 5) is 36.8. The highest BCUT2D eigenvalue weighted by molar-refractivity contribution is 5.73. The Bertz CT molecular complexity index is 679. The lowest BCUT2D eigenvalue weighted by molar-refractivity contribution is -0.193. The Balaban J connectivity index is 0.000000362. The van der Waals surface area contributed by atoms with E-state index in [0.29, 0.717) is 5.41 Å². The zero-order valence-electron chi connectivity index (χ0n) is 19.6. The van der Waals surface area contributed by atoms with Gasteiger partial charge in [-0.2, -0.15) is 26.3 Å². The van der Waals surface area contributed by atoms with Crippen LogP contribution in [-0.4, -0.2) is 107 Å². The van der Waals surface area contributed by atoms with Crippen LogP contribution in [0.3, 0.4) is 0 Å². The molecule has 35 heavy (non-hydrogen) atoms. The number of aliphatic carboxylic acids is 2. The zero-order chi connectivity index (χ0) is 26.9. The number of carboxylic acid groups (broad SMARTS) is 2. The number of carbonyl (C=O) groups is 3. The number of carbonyl (C=O) groups excluding carboxylic acids is 1. The number of hydrogen-bond acceptors (Lipinski definition) is 5. The van der Waals surface area contributed by atoms with Crippen LogP contribution in [0.5, 0.6) is 0 Å². The van der Waals surface area contributed by atoms with Crippen molar-refractivity contribution < 1.29 is 50.9 Å². The van der Waals surface area contributed by atoms with Gasteiger partial charge in [0.15, 0.2) is 0 Å². The van der Waals surface area contributed by atoms with Crippen molar-refractivity contribution in [2.75, 3.05) is 52.4 Å². The summed E-state index contributed by atoms with van der Waals surface area (Å²) in [5.41, 5.74) is 0.439. The highest BCUT2D eigenvalue weighted by Gasteiger charge is 2.40. The molecule has 0 radical (unpaired) electrons. The average Bonchev–Trinajstić information content (AvgIpc) is 3.27. The fraction of sp³-hybridized carbons (Fsp3) is 0.857. The number of nitrogens with zero attached hydrogens (tertiary/aromatic N) is 3. The Labute approximate surface area is 199 Å². The van der Waals surface area contributed by atoms with Crippen LogP contribution in [0.15, 0.2) is 0 Å². The Morgan fingerprint density at radius 3 is 1.49 bits per heavy atom. The smallest absolute Gasteiger partial charge is 0.475 e. The molecular formula is C21H33F6N3O5. The standard InChI is InChI=1S/C17H31N3O.2C2HF3O2/c1-16(21)20-10-4-5-17(15-20)6-11-19(12-7-17)14-13-18-8-2-3-9-18;2*3-2(4,5)1(6)7/h2-15H2,1H3;2*(H,6,7). The number of carboxylic acids is 2. The predicted molar refractivity (Wildman–Crippen MR) is 113 cm³/mol. The summed E-state index contributed by atoms with van der Waals surface area (Å²) in [6.45, 7) is 11.3. The van der Waals surface area contributed by atoms with Crippen molar-refractivity contribution in [2.24, 2.45) is 5.41 Å². The number of likely N-dealkylation sites (tertiary alicyclic amines) is 3. The number of amides is 1. The highest BCUT2D eigenvalue weighted by atomic mass is 19.4. The van der Waals surface area contributed by atoms with E-state index in [2.05, 4.69) is 14.7 Å². The van der Waals surface area contributed by atoms with Crippen molar-refractivity contribution in [3.05, 3.63) is 0 Å². The molecule has 1 amide bonds. The molecule has 3 fully saturated rings. The van der Waals surface area contributed by atoms with E-state index in [1.54, 1.807) is 6.92 Å². The quantitative estimate of drug-likeness (QED) is 0.551. The summed E-state index contributed by atoms with van der Waals surface area (Å²) >= 11 is 0. The lowest BCUT2D eigenvalue weighted by Gasteiger charge is -2.47. The SMILES string of the molecule is CC(=O)N1CCCC2(CCN(CCN3CCCC3)CC2)C1.O=C(O)C(F)(F)F.O=C(O)C(F)(F)F. The molecule has 3 heterocycles. The molecule has 3 rings (SSSR count). The minimum Gasteiger partial charge on any atom is -0.475 e. The molecule has 3 saturated heterocycles. The van der Waals surface area contributed by atoms with Crippen molar-refractivity contribution in [1.29, 1.82) is 0 Å². The van der Waals surface area contributed by atoms with Gasteiger partial charge in [0.25, 0.3) is 0 Å². The number of halogens is 6. The van der Waals surface area contributed by atoms with Gasteiger partial charge in [0, 0.05) is 33.1 Å². The molecule has 8 nitrogen and oxygen atoms in total. The van der Waals surface area contributed by atoms with Gasteiger partial charge in [0.2, 0.25) is 5.91 Å². The van der Waals surface area contributed by atoms with E-state index in [1.165, 1.54) is 77.8 Å². The van der Waals surface area contributed by atoms with Gasteiger partial charge in [0.1, 0.15) is 0 Å². The summed E-state index contributed by atoms with van der Waals surface area (Å²) in [5, 5.41) is 14.2. The largest absolute Gasteiger partial charge is 0.490 e. The van der Waals surface area contributed by atoms with Crippen LogP contribution in [0.2, 0.25) is 0 Å². The number of rotatable bonds is 3. The predicted octanol–water partition coefficient (Wildman–Crippen LogP) is 3.07. The molecule has 0 aromatic heterocycles. The molecular weight excluding hydrogens is 488 g/mol. The highest BCUT2D eigenvalue weighted by Crippen LogP contribution is 2.39. The van der Waals surface area contributed by atoms with Gasteiger partial charge >= 0.3 is 24.3 Å². The molecule has 0 unspecified atom stereocenters. The summed E-state index contributed by atoms with van der Waals surface area (Å²) < 4.78 is 63.5. The first kappa shape index (κ1) is 30.9. The second kappa shape index (κ2) is 13.3. The normalized spacial score (nSPS) is 20.9. The van der Waals surface area contributed by atoms with E-state index < -0.39 is 24.3 Å². The molecule has 0 atom stereocenters. The van der Waals surface area contributed by atoms with E-state index in [0.717, 1.165) is 13.1 Å². The van der Waals surface area contributed by atoms with Crippen molar-refractivity contribution in [3.8, 4) is 0 Å². The van der Waals surface area contributed by atoms with E-state index in [1.807, 2.05) is 0 Å². The summed E-state index contributed by atoms with van der Waals surface area (Å²) in [5.74, 6) is -5.24. The van der Waals surface area contributed by atoms with Crippen LogP contribution in [-0.2, 0) is 14.4 Å². The molecule has 0 bridgehead atoms. The zero-order valence-corrected chi connectivity index (χ0v) is 19.6. The minimum absolute atomic E-state index is 0.269. The van der Waals surface area contributed by atoms with Gasteiger partial charge in [0.05, 0.1) is 0 Å². The number of alkyl halides is 6. The molecule has 2 N–H and O–H groups in total. The Hall–Kier alpha value is -2.09. The van der Waals surface area contributed by atoms with Crippen LogP contribution in [0.1, 0.15) is 45.4 Å². The topological polar surface area (TPSA) is 101 Å². The van der Waals surface area contributed by atoms with Gasteiger partial charge < -0.3 is 24.9 Å². The number of hydrogen-bond donors (Lipinski definition) is 2. The Morgan fingerprint density at radius 1 is 0.714 bits per heavy atom. The Morgan fingerprint density at radius 2 is 1.11 bits per heavy atom. The van der Waals surface area contributed by atoms with E-state index in [-0.39, 0.29) is 5.91 Å². The molecule has 0 aromatic carbocycles. The molecule has 3 aliphatic heterocycles. The van der Waals surface area contributed by atoms with Crippen LogP contribution in [0.4, 0.5) is 26.3 Å². The van der Waals surface area contributed by atoms with Crippen molar-refractivity contribution >= 4 is 17.8 Å². The van der Waals surface area contributed by atoms with Crippen molar-refractivity contribution in [3.63, 3.8) is 0 Å². The summed E-state index contributed by atoms with van der Waals surface area (Å²) in [6.07, 6.45) is -2.27. The molecule has 0 aliphatic carbocycles. The fourth-order valence-corrected chi connectivity index (χ4v) is 4.42. The van der Waals surface area contributed by atoms with Gasteiger partial charge in [-0.25, -0.2) is 9.59 Å². The maximum atomic E-state index is 11.6. The van der Waals surface area contributed by atoms with Gasteiger partial charge in [-0.1, -0.05) is 0 Å². The van der Waals surface area contributed by atoms with Crippen LogP contribution in [0, 0.1) is 5.41 Å². The van der Waals surface area contributed by atoms with Crippen LogP contribution in [0.25, 0.3) is 0 Å². The molecule has 14 heteroatoms. The first-order chi connectivity index (χ1) is 16.1. The van der Waals surface area contributed by atoms with E-state index in [4.69, 9.17) is 19.8 Å². The minimum atomic E-state index is -5.08. The van der Waals surface area contributed by atoms with Gasteiger partial charge in [-0.05, 0) is 70.1 Å².